The van der Waals surface area contributed by atoms with Crippen LogP contribution in [0.25, 0.3) is 0 Å². The molecule has 0 atom stereocenters. The summed E-state index contributed by atoms with van der Waals surface area (Å²) in [6.45, 7) is 0.682. The van der Waals surface area contributed by atoms with Gasteiger partial charge < -0.3 is 5.32 Å². The normalized spacial score (nSPS) is 21.6. The topological polar surface area (TPSA) is 72.0 Å². The van der Waals surface area contributed by atoms with Gasteiger partial charge in [-0.25, -0.2) is 8.42 Å². The molecule has 0 amide bonds. The van der Waals surface area contributed by atoms with Crippen molar-refractivity contribution in [2.45, 2.75) is 25.4 Å². The molecular weight excluding hydrogens is 234 g/mol. The highest BCUT2D eigenvalue weighted by Crippen LogP contribution is 2.12. The van der Waals surface area contributed by atoms with Crippen LogP contribution >= 0.6 is 11.5 Å². The van der Waals surface area contributed by atoms with E-state index >= 15 is 0 Å². The number of hydrogen-bond acceptors (Lipinski definition) is 6. The second kappa shape index (κ2) is 4.54. The second-order valence-electron chi connectivity index (χ2n) is 3.70. The van der Waals surface area contributed by atoms with Crippen LogP contribution in [0.3, 0.4) is 0 Å². The van der Waals surface area contributed by atoms with Crippen molar-refractivity contribution >= 4 is 21.4 Å². The fourth-order valence-corrected chi connectivity index (χ4v) is 3.55. The van der Waals surface area contributed by atoms with E-state index in [1.165, 1.54) is 11.5 Å². The van der Waals surface area contributed by atoms with Crippen LogP contribution < -0.4 is 5.32 Å². The van der Waals surface area contributed by atoms with Gasteiger partial charge in [-0.1, -0.05) is 4.49 Å². The van der Waals surface area contributed by atoms with Crippen molar-refractivity contribution in [2.75, 3.05) is 11.5 Å². The van der Waals surface area contributed by atoms with Gasteiger partial charge in [0.25, 0.3) is 0 Å². The summed E-state index contributed by atoms with van der Waals surface area (Å²) in [6.07, 6.45) is 1.42. The summed E-state index contributed by atoms with van der Waals surface area (Å²) >= 11 is 1.33. The first kappa shape index (κ1) is 11.0. The largest absolute Gasteiger partial charge is 0.308 e. The van der Waals surface area contributed by atoms with E-state index in [0.717, 1.165) is 5.69 Å². The van der Waals surface area contributed by atoms with Crippen LogP contribution in [0.15, 0.2) is 5.38 Å². The molecule has 0 aromatic carbocycles. The summed E-state index contributed by atoms with van der Waals surface area (Å²) in [5.74, 6) is 0.611. The Balaban J connectivity index is 1.78. The van der Waals surface area contributed by atoms with Crippen LogP contribution in [0.1, 0.15) is 18.5 Å². The third kappa shape index (κ3) is 3.22. The van der Waals surface area contributed by atoms with E-state index in [-0.39, 0.29) is 0 Å². The van der Waals surface area contributed by atoms with E-state index in [2.05, 4.69) is 14.9 Å². The molecule has 1 fully saturated rings. The van der Waals surface area contributed by atoms with E-state index in [0.29, 0.717) is 36.9 Å². The number of nitrogens with one attached hydrogen (secondary N) is 1. The Morgan fingerprint density at radius 2 is 2.20 bits per heavy atom. The Labute approximate surface area is 93.0 Å². The lowest BCUT2D eigenvalue weighted by Gasteiger charge is -2.22. The van der Waals surface area contributed by atoms with Crippen LogP contribution in [0.2, 0.25) is 0 Å². The molecule has 2 heterocycles. The zero-order valence-corrected chi connectivity index (χ0v) is 9.85. The van der Waals surface area contributed by atoms with E-state index in [1.54, 1.807) is 0 Å². The lowest BCUT2D eigenvalue weighted by atomic mass is 10.1. The molecular formula is C8H13N3O2S2. The molecule has 2 rings (SSSR count). The van der Waals surface area contributed by atoms with Gasteiger partial charge in [0, 0.05) is 18.0 Å². The Kier molecular flexibility index (Phi) is 3.32. The maximum Gasteiger partial charge on any atom is 0.150 e. The van der Waals surface area contributed by atoms with Crippen LogP contribution in [-0.2, 0) is 16.4 Å². The molecule has 84 valence electrons. The van der Waals surface area contributed by atoms with Crippen LogP contribution in [0.4, 0.5) is 0 Å². The smallest absolute Gasteiger partial charge is 0.150 e. The van der Waals surface area contributed by atoms with Crippen LogP contribution in [-0.4, -0.2) is 35.6 Å². The monoisotopic (exact) mass is 247 g/mol. The summed E-state index contributed by atoms with van der Waals surface area (Å²) in [4.78, 5) is 0. The van der Waals surface area contributed by atoms with Gasteiger partial charge in [0.2, 0.25) is 0 Å². The molecule has 0 saturated carbocycles. The van der Waals surface area contributed by atoms with Crippen molar-refractivity contribution < 1.29 is 8.42 Å². The van der Waals surface area contributed by atoms with Gasteiger partial charge in [-0.05, 0) is 24.4 Å². The van der Waals surface area contributed by atoms with E-state index < -0.39 is 9.84 Å². The minimum absolute atomic E-state index is 0.301. The number of nitrogens with zero attached hydrogens (tertiary/aromatic N) is 2. The van der Waals surface area contributed by atoms with Gasteiger partial charge in [-0.2, -0.15) is 0 Å². The molecule has 0 radical (unpaired) electrons. The van der Waals surface area contributed by atoms with Crippen molar-refractivity contribution in [3.8, 4) is 0 Å². The van der Waals surface area contributed by atoms with E-state index in [4.69, 9.17) is 0 Å². The fraction of sp³-hybridized carbons (Fsp3) is 0.750. The van der Waals surface area contributed by atoms with Crippen LogP contribution in [0.5, 0.6) is 0 Å². The molecule has 1 aromatic rings. The first-order valence-corrected chi connectivity index (χ1v) is 7.51. The van der Waals surface area contributed by atoms with Gasteiger partial charge in [0.05, 0.1) is 17.2 Å². The molecule has 1 aliphatic heterocycles. The lowest BCUT2D eigenvalue weighted by Crippen LogP contribution is -2.37. The fourth-order valence-electron chi connectivity index (χ4n) is 1.60. The molecule has 1 aliphatic rings. The Bertz CT molecular complexity index is 388. The first-order valence-electron chi connectivity index (χ1n) is 4.85. The molecule has 0 bridgehead atoms. The maximum atomic E-state index is 11.2. The standard InChI is InChI=1S/C8H13N3O2S2/c12-15(13)3-1-7(2-4-15)9-5-8-6-14-11-10-8/h6-7,9H,1-5H2. The second-order valence-corrected chi connectivity index (χ2v) is 6.62. The molecule has 7 heteroatoms. The van der Waals surface area contributed by atoms with Crippen LogP contribution in [0, 0.1) is 0 Å². The van der Waals surface area contributed by atoms with Gasteiger partial charge >= 0.3 is 0 Å². The Morgan fingerprint density at radius 3 is 2.80 bits per heavy atom. The van der Waals surface area contributed by atoms with Gasteiger partial charge in [0.1, 0.15) is 9.84 Å². The average Bonchev–Trinajstić information content (AvgIpc) is 2.69. The molecule has 0 spiro atoms. The van der Waals surface area contributed by atoms with E-state index in [9.17, 15) is 8.42 Å². The number of rotatable bonds is 3. The zero-order chi connectivity index (χ0) is 10.7. The quantitative estimate of drug-likeness (QED) is 0.826. The number of sulfone groups is 1. The average molecular weight is 247 g/mol. The maximum absolute atomic E-state index is 11.2. The SMILES string of the molecule is O=S1(=O)CCC(NCc2csnn2)CC1. The van der Waals surface area contributed by atoms with Gasteiger partial charge in [-0.3, -0.25) is 0 Å². The molecule has 1 aromatic heterocycles. The number of aromatic nitrogens is 2. The minimum atomic E-state index is -2.75. The summed E-state index contributed by atoms with van der Waals surface area (Å²) in [7, 11) is -2.75. The Morgan fingerprint density at radius 1 is 1.47 bits per heavy atom. The Hall–Kier alpha value is -0.530. The lowest BCUT2D eigenvalue weighted by molar-refractivity contribution is 0.460. The molecule has 5 nitrogen and oxygen atoms in total. The third-order valence-corrected chi connectivity index (χ3v) is 4.80. The number of hydrogen-bond donors (Lipinski definition) is 1. The minimum Gasteiger partial charge on any atom is -0.308 e. The highest BCUT2D eigenvalue weighted by molar-refractivity contribution is 7.91. The summed E-state index contributed by atoms with van der Waals surface area (Å²) in [5.41, 5.74) is 0.924. The molecule has 1 N–H and O–H groups in total. The predicted octanol–water partition coefficient (Wildman–Crippen LogP) is 0.205. The summed E-state index contributed by atoms with van der Waals surface area (Å²) in [5, 5.41) is 9.11. The van der Waals surface area contributed by atoms with Crippen molar-refractivity contribution in [3.05, 3.63) is 11.1 Å². The third-order valence-electron chi connectivity index (χ3n) is 2.53. The molecule has 0 aliphatic carbocycles. The molecule has 15 heavy (non-hydrogen) atoms. The predicted molar refractivity (Wildman–Crippen MR) is 58.4 cm³/mol. The van der Waals surface area contributed by atoms with Crippen molar-refractivity contribution in [3.63, 3.8) is 0 Å². The van der Waals surface area contributed by atoms with Crippen molar-refractivity contribution in [1.29, 1.82) is 0 Å². The van der Waals surface area contributed by atoms with Gasteiger partial charge in [0.15, 0.2) is 0 Å². The van der Waals surface area contributed by atoms with E-state index in [1.807, 2.05) is 5.38 Å². The first-order chi connectivity index (χ1) is 7.16. The highest BCUT2D eigenvalue weighted by Gasteiger charge is 2.22. The van der Waals surface area contributed by atoms with Gasteiger partial charge in [-0.15, -0.1) is 5.10 Å². The molecule has 0 unspecified atom stereocenters. The summed E-state index contributed by atoms with van der Waals surface area (Å²) in [6, 6.07) is 0.301. The highest BCUT2D eigenvalue weighted by atomic mass is 32.2. The zero-order valence-electron chi connectivity index (χ0n) is 8.22. The van der Waals surface area contributed by atoms with Crippen molar-refractivity contribution in [2.24, 2.45) is 0 Å². The van der Waals surface area contributed by atoms with Crippen molar-refractivity contribution in [1.82, 2.24) is 14.9 Å². The summed E-state index contributed by atoms with van der Waals surface area (Å²) < 4.78 is 26.1. The molecule has 1 saturated heterocycles.